The van der Waals surface area contributed by atoms with Gasteiger partial charge in [-0.2, -0.15) is 0 Å². The van der Waals surface area contributed by atoms with E-state index in [1.807, 2.05) is 19.9 Å². The summed E-state index contributed by atoms with van der Waals surface area (Å²) in [7, 11) is -1.47. The Bertz CT molecular complexity index is 965. The minimum absolute atomic E-state index is 0.0864. The van der Waals surface area contributed by atoms with Crippen molar-refractivity contribution >= 4 is 27.0 Å². The molecule has 2 fully saturated rings. The highest BCUT2D eigenvalue weighted by Gasteiger charge is 2.64. The maximum absolute atomic E-state index is 13.4. The molecule has 2 saturated heterocycles. The van der Waals surface area contributed by atoms with Crippen molar-refractivity contribution < 1.29 is 28.7 Å². The third-order valence-electron chi connectivity index (χ3n) is 7.69. The Balaban J connectivity index is 1.83. The van der Waals surface area contributed by atoms with Gasteiger partial charge in [0.25, 0.3) is 0 Å². The number of aliphatic carboxylic acids is 1. The molecule has 0 spiro atoms. The van der Waals surface area contributed by atoms with Gasteiger partial charge >= 0.3 is 12.1 Å². The Morgan fingerprint density at radius 1 is 1.26 bits per heavy atom. The first-order chi connectivity index (χ1) is 16.2. The van der Waals surface area contributed by atoms with Gasteiger partial charge in [0.15, 0.2) is 9.04 Å². The highest BCUT2D eigenvalue weighted by atomic mass is 28.3. The van der Waals surface area contributed by atoms with E-state index in [0.29, 0.717) is 25.1 Å². The lowest BCUT2D eigenvalue weighted by molar-refractivity contribution is -0.180. The number of carbonyl (C=O) groups is 3. The molecule has 3 heterocycles. The number of carboxylic acid groups (broad SMARTS) is 1. The summed E-state index contributed by atoms with van der Waals surface area (Å²) in [4.78, 5) is 41.0. The van der Waals surface area contributed by atoms with Crippen LogP contribution in [0.3, 0.4) is 0 Å². The summed E-state index contributed by atoms with van der Waals surface area (Å²) < 4.78 is 11.6. The van der Waals surface area contributed by atoms with Crippen molar-refractivity contribution in [2.75, 3.05) is 19.7 Å². The van der Waals surface area contributed by atoms with Crippen molar-refractivity contribution in [1.82, 2.24) is 9.80 Å². The van der Waals surface area contributed by atoms with E-state index in [9.17, 15) is 19.5 Å². The first kappa shape index (κ1) is 27.2. The van der Waals surface area contributed by atoms with Gasteiger partial charge in [0.05, 0.1) is 17.6 Å². The third-order valence-corrected chi connectivity index (χ3v) is 8.66. The third kappa shape index (κ3) is 4.98. The van der Waals surface area contributed by atoms with Crippen LogP contribution < -0.4 is 0 Å². The molecule has 0 aromatic rings. The fourth-order valence-corrected chi connectivity index (χ4v) is 7.11. The van der Waals surface area contributed by atoms with Gasteiger partial charge in [0, 0.05) is 13.1 Å². The number of hydrogen-bond acceptors (Lipinski definition) is 5. The molecule has 3 aliphatic rings. The normalized spacial score (nSPS) is 26.6. The molecule has 2 amide bonds. The summed E-state index contributed by atoms with van der Waals surface area (Å²) in [5, 5.41) is 10.0. The molecule has 1 unspecified atom stereocenters. The first-order valence-corrected chi connectivity index (χ1v) is 15.2. The molecule has 0 radical (unpaired) electrons. The van der Waals surface area contributed by atoms with Gasteiger partial charge in [-0.25, -0.2) is 9.59 Å². The van der Waals surface area contributed by atoms with Crippen LogP contribution in [0.2, 0.25) is 13.1 Å². The van der Waals surface area contributed by atoms with Gasteiger partial charge in [0.2, 0.25) is 5.91 Å². The summed E-state index contributed by atoms with van der Waals surface area (Å²) >= 11 is 0. The Morgan fingerprint density at radius 2 is 1.91 bits per heavy atom. The molecule has 0 aromatic carbocycles. The SMILES string of the molecule is C=CCOC(=O)N1CCC(/C=C(\C)C2=C(C(=O)O)N3C(=O)[C@H]([C@@](C)(O[SiH](C)C)C(C)(C)C)[C@H]3C2)C1. The Morgan fingerprint density at radius 3 is 2.46 bits per heavy atom. The molecular weight excluding hydrogens is 464 g/mol. The summed E-state index contributed by atoms with van der Waals surface area (Å²) in [5.74, 6) is -1.54. The van der Waals surface area contributed by atoms with E-state index in [2.05, 4.69) is 40.4 Å². The molecule has 3 aliphatic heterocycles. The predicted octanol–water partition coefficient (Wildman–Crippen LogP) is 3.95. The largest absolute Gasteiger partial charge is 0.477 e. The number of fused-ring (bicyclic) bond motifs is 1. The summed E-state index contributed by atoms with van der Waals surface area (Å²) in [5.41, 5.74) is 0.667. The maximum Gasteiger partial charge on any atom is 0.410 e. The van der Waals surface area contributed by atoms with Crippen LogP contribution in [0.1, 0.15) is 47.5 Å². The van der Waals surface area contributed by atoms with Crippen LogP contribution >= 0.6 is 0 Å². The lowest BCUT2D eigenvalue weighted by Crippen LogP contribution is -2.70. The van der Waals surface area contributed by atoms with Gasteiger partial charge in [-0.1, -0.05) is 39.5 Å². The zero-order valence-electron chi connectivity index (χ0n) is 22.1. The van der Waals surface area contributed by atoms with E-state index in [-0.39, 0.29) is 41.7 Å². The number of allylic oxidation sites excluding steroid dienone is 1. The summed E-state index contributed by atoms with van der Waals surface area (Å²) in [6, 6.07) is -0.224. The van der Waals surface area contributed by atoms with Crippen LogP contribution in [-0.2, 0) is 18.8 Å². The molecule has 0 aromatic heterocycles. The van der Waals surface area contributed by atoms with E-state index in [0.717, 1.165) is 12.0 Å². The molecule has 0 bridgehead atoms. The number of rotatable bonds is 8. The predicted molar refractivity (Wildman–Crippen MR) is 136 cm³/mol. The number of likely N-dealkylation sites (tertiary alicyclic amines) is 1. The fraction of sp³-hybridized carbons (Fsp3) is 0.654. The quantitative estimate of drug-likeness (QED) is 0.305. The van der Waals surface area contributed by atoms with Gasteiger partial charge < -0.3 is 24.1 Å². The molecule has 8 nitrogen and oxygen atoms in total. The van der Waals surface area contributed by atoms with E-state index in [1.165, 1.54) is 11.0 Å². The lowest BCUT2D eigenvalue weighted by Gasteiger charge is -2.57. The van der Waals surface area contributed by atoms with Crippen LogP contribution in [0.5, 0.6) is 0 Å². The standard InChI is InChI=1S/C26H40N2O6Si/c1-9-12-33-24(32)27-11-10-17(15-27)13-16(2)18-14-19-20(22(29)28(19)21(18)23(30)31)26(6,25(3,4)5)34-35(7)8/h9,13,17,19-20,35H,1,10-12,14-15H2,2-8H3,(H,30,31)/b16-13+/t17?,19-,20-,26-/m1/s1. The highest BCUT2D eigenvalue weighted by Crippen LogP contribution is 2.53. The lowest BCUT2D eigenvalue weighted by atomic mass is 9.63. The average Bonchev–Trinajstić information content (AvgIpc) is 3.33. The average molecular weight is 505 g/mol. The topological polar surface area (TPSA) is 96.4 Å². The van der Waals surface area contributed by atoms with E-state index in [1.54, 1.807) is 4.90 Å². The zero-order valence-corrected chi connectivity index (χ0v) is 23.2. The number of nitrogens with zero attached hydrogens (tertiary/aromatic N) is 2. The number of ether oxygens (including phenoxy) is 1. The molecule has 4 atom stereocenters. The van der Waals surface area contributed by atoms with Crippen LogP contribution in [-0.4, -0.2) is 73.3 Å². The van der Waals surface area contributed by atoms with Crippen molar-refractivity contribution in [2.45, 2.75) is 72.2 Å². The maximum atomic E-state index is 13.4. The fourth-order valence-electron chi connectivity index (χ4n) is 5.63. The Kier molecular flexibility index (Phi) is 7.72. The van der Waals surface area contributed by atoms with Crippen LogP contribution in [0.15, 0.2) is 35.6 Å². The van der Waals surface area contributed by atoms with Crippen molar-refractivity contribution in [3.63, 3.8) is 0 Å². The molecule has 9 heteroatoms. The number of carbonyl (C=O) groups excluding carboxylic acids is 2. The highest BCUT2D eigenvalue weighted by molar-refractivity contribution is 6.48. The smallest absolute Gasteiger partial charge is 0.410 e. The van der Waals surface area contributed by atoms with Crippen molar-refractivity contribution in [2.24, 2.45) is 17.3 Å². The first-order valence-electron chi connectivity index (χ1n) is 12.4. The molecule has 194 valence electrons. The van der Waals surface area contributed by atoms with Crippen molar-refractivity contribution in [1.29, 1.82) is 0 Å². The Labute approximate surface area is 210 Å². The van der Waals surface area contributed by atoms with Crippen molar-refractivity contribution in [3.05, 3.63) is 35.6 Å². The number of amides is 2. The number of β-lactam (4-membered cyclic amide) rings is 1. The molecule has 0 aliphatic carbocycles. The van der Waals surface area contributed by atoms with Crippen molar-refractivity contribution in [3.8, 4) is 0 Å². The minimum atomic E-state index is -1.47. The number of hydrogen-bond donors (Lipinski definition) is 1. The Hall–Kier alpha value is -2.39. The van der Waals surface area contributed by atoms with Gasteiger partial charge in [0.1, 0.15) is 12.3 Å². The summed E-state index contributed by atoms with van der Waals surface area (Å²) in [6.07, 6.45) is 4.49. The van der Waals surface area contributed by atoms with Gasteiger partial charge in [-0.15, -0.1) is 0 Å². The van der Waals surface area contributed by atoms with Gasteiger partial charge in [-0.05, 0) is 62.3 Å². The molecule has 35 heavy (non-hydrogen) atoms. The van der Waals surface area contributed by atoms with E-state index >= 15 is 0 Å². The second-order valence-corrected chi connectivity index (χ2v) is 13.7. The van der Waals surface area contributed by atoms with E-state index in [4.69, 9.17) is 9.16 Å². The van der Waals surface area contributed by atoms with Crippen LogP contribution in [0, 0.1) is 17.3 Å². The number of carboxylic acids is 1. The molecule has 1 N–H and O–H groups in total. The minimum Gasteiger partial charge on any atom is -0.477 e. The second-order valence-electron chi connectivity index (χ2n) is 11.3. The van der Waals surface area contributed by atoms with Gasteiger partial charge in [-0.3, -0.25) is 4.79 Å². The zero-order chi connectivity index (χ0) is 26.3. The second kappa shape index (κ2) is 9.93. The molecule has 0 saturated carbocycles. The van der Waals surface area contributed by atoms with Crippen LogP contribution in [0.25, 0.3) is 0 Å². The summed E-state index contributed by atoms with van der Waals surface area (Å²) in [6.45, 7) is 19.2. The monoisotopic (exact) mass is 504 g/mol. The molecular formula is C26H40N2O6Si. The van der Waals surface area contributed by atoms with E-state index < -0.39 is 26.5 Å². The molecule has 3 rings (SSSR count). The van der Waals surface area contributed by atoms with Crippen LogP contribution in [0.4, 0.5) is 4.79 Å².